The number of primary amides is 1. The van der Waals surface area contributed by atoms with E-state index in [1.165, 1.54) is 0 Å². The molecule has 6 nitrogen and oxygen atoms in total. The number of nitrogens with two attached hydrogens (primary N) is 1. The fourth-order valence-corrected chi connectivity index (χ4v) is 2.28. The van der Waals surface area contributed by atoms with Crippen molar-refractivity contribution in [1.82, 2.24) is 14.5 Å². The summed E-state index contributed by atoms with van der Waals surface area (Å²) in [5.74, 6) is -0.264. The molecule has 1 saturated heterocycles. The van der Waals surface area contributed by atoms with Gasteiger partial charge in [0.2, 0.25) is 0 Å². The minimum Gasteiger partial charge on any atom is -0.379 e. The summed E-state index contributed by atoms with van der Waals surface area (Å²) in [6.45, 7) is 8.28. The lowest BCUT2D eigenvalue weighted by Crippen LogP contribution is -2.46. The van der Waals surface area contributed by atoms with Crippen LogP contribution in [0.4, 0.5) is 0 Å². The molecule has 6 heteroatoms. The third-order valence-electron chi connectivity index (χ3n) is 3.17. The van der Waals surface area contributed by atoms with E-state index in [0.717, 1.165) is 32.8 Å². The zero-order valence-electron chi connectivity index (χ0n) is 10.8. The second-order valence-corrected chi connectivity index (χ2v) is 5.13. The smallest absolute Gasteiger partial charge is 0.284 e. The lowest BCUT2D eigenvalue weighted by molar-refractivity contribution is 0.0225. The van der Waals surface area contributed by atoms with Crippen LogP contribution < -0.4 is 5.73 Å². The molecular weight excluding hydrogens is 232 g/mol. The molecule has 1 aromatic rings. The second kappa shape index (κ2) is 5.07. The van der Waals surface area contributed by atoms with Gasteiger partial charge in [-0.15, -0.1) is 0 Å². The van der Waals surface area contributed by atoms with E-state index in [0.29, 0.717) is 0 Å². The lowest BCUT2D eigenvalue weighted by atomic mass is 10.0. The van der Waals surface area contributed by atoms with Gasteiger partial charge < -0.3 is 15.0 Å². The average Bonchev–Trinajstić information content (AvgIpc) is 2.79. The number of morpholine rings is 1. The molecule has 18 heavy (non-hydrogen) atoms. The van der Waals surface area contributed by atoms with Gasteiger partial charge in [0.25, 0.3) is 5.91 Å². The molecule has 99 valence electrons. The summed E-state index contributed by atoms with van der Waals surface area (Å²) in [5.41, 5.74) is 5.06. The molecular formula is C12H19N4O2. The van der Waals surface area contributed by atoms with E-state index in [-0.39, 0.29) is 11.4 Å². The van der Waals surface area contributed by atoms with Crippen LogP contribution in [-0.2, 0) is 10.3 Å². The van der Waals surface area contributed by atoms with Gasteiger partial charge in [-0.3, -0.25) is 9.69 Å². The molecule has 0 aromatic carbocycles. The van der Waals surface area contributed by atoms with E-state index in [2.05, 4.69) is 29.9 Å². The first-order valence-corrected chi connectivity index (χ1v) is 6.06. The first-order valence-electron chi connectivity index (χ1n) is 6.06. The Labute approximate surface area is 107 Å². The summed E-state index contributed by atoms with van der Waals surface area (Å²) < 4.78 is 7.12. The summed E-state index contributed by atoms with van der Waals surface area (Å²) in [6.07, 6.45) is 4.37. The highest BCUT2D eigenvalue weighted by Gasteiger charge is 2.28. The molecule has 0 unspecified atom stereocenters. The predicted molar refractivity (Wildman–Crippen MR) is 66.2 cm³/mol. The van der Waals surface area contributed by atoms with Gasteiger partial charge in [-0.2, -0.15) is 0 Å². The average molecular weight is 251 g/mol. The molecule has 0 saturated carbocycles. The van der Waals surface area contributed by atoms with Crippen molar-refractivity contribution < 1.29 is 9.53 Å². The maximum absolute atomic E-state index is 11.3. The topological polar surface area (TPSA) is 73.4 Å². The third-order valence-corrected chi connectivity index (χ3v) is 3.17. The maximum Gasteiger partial charge on any atom is 0.284 e. The number of imidazole rings is 1. The van der Waals surface area contributed by atoms with E-state index >= 15 is 0 Å². The van der Waals surface area contributed by atoms with Gasteiger partial charge in [-0.25, -0.2) is 4.98 Å². The molecule has 0 bridgehead atoms. The Morgan fingerprint density at radius 3 is 2.83 bits per heavy atom. The summed E-state index contributed by atoms with van der Waals surface area (Å²) in [4.78, 5) is 17.5. The standard InChI is InChI=1S/C12H19N4O2/c1-12(2,9-15-5-7-18-8-6-15)16-4-3-14-11(16)10(13)17/h4H,5-9H2,1-2H3,(H2,13,17). The van der Waals surface area contributed by atoms with Crippen LogP contribution in [0.3, 0.4) is 0 Å². The number of carbonyl (C=O) groups is 1. The van der Waals surface area contributed by atoms with Crippen LogP contribution in [0.25, 0.3) is 0 Å². The summed E-state index contributed by atoms with van der Waals surface area (Å²) in [6, 6.07) is 0. The molecule has 2 heterocycles. The molecule has 1 aromatic heterocycles. The van der Waals surface area contributed by atoms with E-state index < -0.39 is 5.91 Å². The Hall–Kier alpha value is -1.40. The molecule has 1 radical (unpaired) electrons. The number of ether oxygens (including phenoxy) is 1. The molecule has 1 aliphatic heterocycles. The van der Waals surface area contributed by atoms with E-state index in [4.69, 9.17) is 10.5 Å². The van der Waals surface area contributed by atoms with Gasteiger partial charge >= 0.3 is 0 Å². The van der Waals surface area contributed by atoms with E-state index in [1.54, 1.807) is 10.8 Å². The minimum absolute atomic E-state index is 0.255. The molecule has 1 aliphatic rings. The number of hydrogen-bond acceptors (Lipinski definition) is 4. The third kappa shape index (κ3) is 2.70. The van der Waals surface area contributed by atoms with Crippen LogP contribution in [0.2, 0.25) is 0 Å². The van der Waals surface area contributed by atoms with Gasteiger partial charge in [0.15, 0.2) is 5.82 Å². The Morgan fingerprint density at radius 2 is 2.22 bits per heavy atom. The fraction of sp³-hybridized carbons (Fsp3) is 0.667. The normalized spacial score (nSPS) is 17.9. The Morgan fingerprint density at radius 1 is 1.56 bits per heavy atom. The largest absolute Gasteiger partial charge is 0.379 e. The van der Waals surface area contributed by atoms with Gasteiger partial charge in [0.1, 0.15) is 6.20 Å². The number of aromatic nitrogens is 2. The van der Waals surface area contributed by atoms with Crippen molar-refractivity contribution in [3.63, 3.8) is 0 Å². The van der Waals surface area contributed by atoms with Crippen LogP contribution >= 0.6 is 0 Å². The van der Waals surface area contributed by atoms with Crippen molar-refractivity contribution in [2.24, 2.45) is 5.73 Å². The first-order chi connectivity index (χ1) is 8.50. The monoisotopic (exact) mass is 251 g/mol. The molecule has 0 spiro atoms. The zero-order valence-corrected chi connectivity index (χ0v) is 10.8. The Balaban J connectivity index is 2.13. The van der Waals surface area contributed by atoms with Crippen LogP contribution in [0.5, 0.6) is 0 Å². The zero-order chi connectivity index (χ0) is 13.2. The molecule has 0 atom stereocenters. The van der Waals surface area contributed by atoms with Crippen molar-refractivity contribution >= 4 is 5.91 Å². The summed E-state index contributed by atoms with van der Waals surface area (Å²) in [7, 11) is 0. The highest BCUT2D eigenvalue weighted by atomic mass is 16.5. The number of carbonyl (C=O) groups excluding carboxylic acids is 1. The molecule has 1 amide bonds. The predicted octanol–water partition coefficient (Wildman–Crippen LogP) is -0.151. The fourth-order valence-electron chi connectivity index (χ4n) is 2.28. The van der Waals surface area contributed by atoms with Crippen molar-refractivity contribution in [2.75, 3.05) is 32.8 Å². The van der Waals surface area contributed by atoms with Crippen molar-refractivity contribution in [3.05, 3.63) is 18.2 Å². The number of hydrogen-bond donors (Lipinski definition) is 1. The van der Waals surface area contributed by atoms with Crippen molar-refractivity contribution in [2.45, 2.75) is 19.4 Å². The number of amides is 1. The number of rotatable bonds is 4. The number of nitrogens with zero attached hydrogens (tertiary/aromatic N) is 3. The van der Waals surface area contributed by atoms with E-state index in [1.807, 2.05) is 0 Å². The SMILES string of the molecule is CC(C)(CN1CCOCC1)n1c[c]nc1C(N)=O. The molecule has 1 fully saturated rings. The van der Waals surface area contributed by atoms with Gasteiger partial charge in [0, 0.05) is 25.8 Å². The van der Waals surface area contributed by atoms with Crippen LogP contribution in [0.1, 0.15) is 24.5 Å². The lowest BCUT2D eigenvalue weighted by Gasteiger charge is -2.36. The summed E-state index contributed by atoms with van der Waals surface area (Å²) >= 11 is 0. The van der Waals surface area contributed by atoms with E-state index in [9.17, 15) is 4.79 Å². The van der Waals surface area contributed by atoms with Crippen molar-refractivity contribution in [3.8, 4) is 0 Å². The van der Waals surface area contributed by atoms with Crippen molar-refractivity contribution in [1.29, 1.82) is 0 Å². The maximum atomic E-state index is 11.3. The van der Waals surface area contributed by atoms with Crippen LogP contribution in [-0.4, -0.2) is 53.2 Å². The molecule has 2 rings (SSSR count). The highest BCUT2D eigenvalue weighted by Crippen LogP contribution is 2.19. The minimum atomic E-state index is -0.522. The first kappa shape index (κ1) is 13.0. The second-order valence-electron chi connectivity index (χ2n) is 5.13. The van der Waals surface area contributed by atoms with Crippen LogP contribution in [0, 0.1) is 6.20 Å². The van der Waals surface area contributed by atoms with Gasteiger partial charge in [-0.05, 0) is 13.8 Å². The quantitative estimate of drug-likeness (QED) is 0.807. The summed E-state index contributed by atoms with van der Waals surface area (Å²) in [5, 5.41) is 0. The molecule has 2 N–H and O–H groups in total. The molecule has 0 aliphatic carbocycles. The Kier molecular flexibility index (Phi) is 3.68. The van der Waals surface area contributed by atoms with Gasteiger partial charge in [-0.1, -0.05) is 0 Å². The van der Waals surface area contributed by atoms with Crippen LogP contribution in [0.15, 0.2) is 6.20 Å². The highest BCUT2D eigenvalue weighted by molar-refractivity contribution is 5.89. The van der Waals surface area contributed by atoms with Gasteiger partial charge in [0.05, 0.1) is 18.8 Å². The Bertz CT molecular complexity index is 421.